The van der Waals surface area contributed by atoms with E-state index in [-0.39, 0.29) is 6.04 Å². The molecule has 1 heterocycles. The van der Waals surface area contributed by atoms with Crippen LogP contribution < -0.4 is 10.6 Å². The summed E-state index contributed by atoms with van der Waals surface area (Å²) >= 11 is 0. The molecule has 1 unspecified atom stereocenters. The van der Waals surface area contributed by atoms with Crippen LogP contribution in [-0.4, -0.2) is 19.1 Å². The van der Waals surface area contributed by atoms with Crippen LogP contribution >= 0.6 is 0 Å². The van der Waals surface area contributed by atoms with Gasteiger partial charge in [-0.2, -0.15) is 0 Å². The molecule has 0 bridgehead atoms. The van der Waals surface area contributed by atoms with E-state index in [4.69, 9.17) is 5.73 Å². The zero-order valence-electron chi connectivity index (χ0n) is 11.4. The molecule has 1 aliphatic carbocycles. The van der Waals surface area contributed by atoms with E-state index in [9.17, 15) is 0 Å². The summed E-state index contributed by atoms with van der Waals surface area (Å²) in [7, 11) is 0. The first-order valence-corrected chi connectivity index (χ1v) is 7.34. The highest BCUT2D eigenvalue weighted by Gasteiger charge is 2.25. The molecule has 1 fully saturated rings. The summed E-state index contributed by atoms with van der Waals surface area (Å²) in [4.78, 5) is 2.60. The molecule has 0 aromatic heterocycles. The SMILES string of the molecule is CC(N)Cc1ccc2c(c1)N(CC1CCC1)CC2. The Kier molecular flexibility index (Phi) is 3.29. The van der Waals surface area contributed by atoms with E-state index in [1.807, 2.05) is 0 Å². The summed E-state index contributed by atoms with van der Waals surface area (Å²) < 4.78 is 0. The van der Waals surface area contributed by atoms with E-state index < -0.39 is 0 Å². The van der Waals surface area contributed by atoms with E-state index in [0.29, 0.717) is 0 Å². The van der Waals surface area contributed by atoms with Crippen molar-refractivity contribution in [1.29, 1.82) is 0 Å². The molecular weight excluding hydrogens is 220 g/mol. The molecule has 0 radical (unpaired) electrons. The minimum Gasteiger partial charge on any atom is -0.371 e. The number of nitrogens with zero attached hydrogens (tertiary/aromatic N) is 1. The first-order valence-electron chi connectivity index (χ1n) is 7.34. The summed E-state index contributed by atoms with van der Waals surface area (Å²) in [6.45, 7) is 4.57. The molecule has 0 amide bonds. The molecular formula is C16H24N2. The van der Waals surface area contributed by atoms with Crippen molar-refractivity contribution in [2.45, 2.75) is 45.1 Å². The summed E-state index contributed by atoms with van der Waals surface area (Å²) in [6, 6.07) is 7.21. The minimum atomic E-state index is 0.254. The lowest BCUT2D eigenvalue weighted by Crippen LogP contribution is -2.31. The summed E-state index contributed by atoms with van der Waals surface area (Å²) in [5.41, 5.74) is 10.3. The van der Waals surface area contributed by atoms with E-state index in [1.165, 1.54) is 55.6 Å². The highest BCUT2D eigenvalue weighted by atomic mass is 15.1. The third-order valence-electron chi connectivity index (χ3n) is 4.40. The third-order valence-corrected chi connectivity index (χ3v) is 4.40. The topological polar surface area (TPSA) is 29.3 Å². The molecule has 1 aromatic rings. The van der Waals surface area contributed by atoms with Crippen molar-refractivity contribution in [3.8, 4) is 0 Å². The highest BCUT2D eigenvalue weighted by molar-refractivity contribution is 5.59. The van der Waals surface area contributed by atoms with Crippen LogP contribution in [0.25, 0.3) is 0 Å². The summed E-state index contributed by atoms with van der Waals surface area (Å²) in [6.07, 6.45) is 6.53. The average molecular weight is 244 g/mol. The van der Waals surface area contributed by atoms with Crippen molar-refractivity contribution in [2.24, 2.45) is 11.7 Å². The fourth-order valence-corrected chi connectivity index (χ4v) is 3.17. The van der Waals surface area contributed by atoms with E-state index in [0.717, 1.165) is 12.3 Å². The van der Waals surface area contributed by atoms with Gasteiger partial charge >= 0.3 is 0 Å². The first-order chi connectivity index (χ1) is 8.72. The van der Waals surface area contributed by atoms with Crippen molar-refractivity contribution in [2.75, 3.05) is 18.0 Å². The predicted octanol–water partition coefficient (Wildman–Crippen LogP) is 2.74. The van der Waals surface area contributed by atoms with Crippen molar-refractivity contribution in [3.05, 3.63) is 29.3 Å². The number of benzene rings is 1. The standard InChI is InChI=1S/C16H24N2/c1-12(17)9-14-5-6-15-7-8-18(16(15)10-14)11-13-3-2-4-13/h5-6,10,12-13H,2-4,7-9,11,17H2,1H3. The minimum absolute atomic E-state index is 0.254. The monoisotopic (exact) mass is 244 g/mol. The van der Waals surface area contributed by atoms with Gasteiger partial charge in [0.05, 0.1) is 0 Å². The maximum absolute atomic E-state index is 5.90. The molecule has 1 atom stereocenters. The second kappa shape index (κ2) is 4.93. The Morgan fingerprint density at radius 1 is 1.39 bits per heavy atom. The molecule has 1 saturated carbocycles. The van der Waals surface area contributed by atoms with Crippen LogP contribution in [0.4, 0.5) is 5.69 Å². The van der Waals surface area contributed by atoms with Crippen molar-refractivity contribution in [3.63, 3.8) is 0 Å². The number of fused-ring (bicyclic) bond motifs is 1. The highest BCUT2D eigenvalue weighted by Crippen LogP contribution is 2.34. The van der Waals surface area contributed by atoms with Gasteiger partial charge in [-0.05, 0) is 55.7 Å². The molecule has 2 N–H and O–H groups in total. The zero-order chi connectivity index (χ0) is 12.5. The number of anilines is 1. The number of rotatable bonds is 4. The molecule has 0 spiro atoms. The second-order valence-electron chi connectivity index (χ2n) is 6.14. The number of hydrogen-bond acceptors (Lipinski definition) is 2. The molecule has 18 heavy (non-hydrogen) atoms. The Hall–Kier alpha value is -1.02. The van der Waals surface area contributed by atoms with Gasteiger partial charge in [-0.15, -0.1) is 0 Å². The summed E-state index contributed by atoms with van der Waals surface area (Å²) in [5, 5.41) is 0. The van der Waals surface area contributed by atoms with E-state index in [2.05, 4.69) is 30.0 Å². The van der Waals surface area contributed by atoms with Gasteiger partial charge in [-0.25, -0.2) is 0 Å². The Morgan fingerprint density at radius 2 is 2.22 bits per heavy atom. The fourth-order valence-electron chi connectivity index (χ4n) is 3.17. The van der Waals surface area contributed by atoms with Crippen LogP contribution in [0.5, 0.6) is 0 Å². The molecule has 2 nitrogen and oxygen atoms in total. The average Bonchev–Trinajstić information content (AvgIpc) is 2.65. The van der Waals surface area contributed by atoms with Gasteiger partial charge in [0.1, 0.15) is 0 Å². The number of hydrogen-bond donors (Lipinski definition) is 1. The predicted molar refractivity (Wildman–Crippen MR) is 77.1 cm³/mol. The molecule has 1 aromatic carbocycles. The van der Waals surface area contributed by atoms with Crippen LogP contribution in [0.3, 0.4) is 0 Å². The molecule has 1 aliphatic heterocycles. The van der Waals surface area contributed by atoms with Gasteiger partial charge in [-0.3, -0.25) is 0 Å². The lowest BCUT2D eigenvalue weighted by molar-refractivity contribution is 0.319. The van der Waals surface area contributed by atoms with Crippen LogP contribution in [0.15, 0.2) is 18.2 Å². The largest absolute Gasteiger partial charge is 0.371 e. The van der Waals surface area contributed by atoms with Crippen LogP contribution in [0.2, 0.25) is 0 Å². The second-order valence-corrected chi connectivity index (χ2v) is 6.14. The first kappa shape index (κ1) is 12.0. The van der Waals surface area contributed by atoms with Gasteiger partial charge in [0.15, 0.2) is 0 Å². The lowest BCUT2D eigenvalue weighted by Gasteiger charge is -2.31. The number of nitrogens with two attached hydrogens (primary N) is 1. The Morgan fingerprint density at radius 3 is 2.89 bits per heavy atom. The third kappa shape index (κ3) is 2.39. The lowest BCUT2D eigenvalue weighted by atomic mass is 9.85. The van der Waals surface area contributed by atoms with Crippen molar-refractivity contribution >= 4 is 5.69 Å². The Balaban J connectivity index is 1.75. The van der Waals surface area contributed by atoms with Gasteiger partial charge in [0, 0.05) is 24.8 Å². The van der Waals surface area contributed by atoms with Gasteiger partial charge in [0.2, 0.25) is 0 Å². The normalized spacial score (nSPS) is 20.7. The fraction of sp³-hybridized carbons (Fsp3) is 0.625. The maximum Gasteiger partial charge on any atom is 0.0402 e. The molecule has 3 rings (SSSR count). The van der Waals surface area contributed by atoms with Crippen molar-refractivity contribution < 1.29 is 0 Å². The van der Waals surface area contributed by atoms with E-state index >= 15 is 0 Å². The molecule has 2 heteroatoms. The van der Waals surface area contributed by atoms with Crippen LogP contribution in [0.1, 0.15) is 37.3 Å². The summed E-state index contributed by atoms with van der Waals surface area (Å²) in [5.74, 6) is 0.952. The quantitative estimate of drug-likeness (QED) is 0.882. The van der Waals surface area contributed by atoms with E-state index in [1.54, 1.807) is 0 Å². The van der Waals surface area contributed by atoms with Crippen LogP contribution in [-0.2, 0) is 12.8 Å². The van der Waals surface area contributed by atoms with Crippen LogP contribution in [0, 0.1) is 5.92 Å². The maximum atomic E-state index is 5.90. The zero-order valence-corrected chi connectivity index (χ0v) is 11.4. The van der Waals surface area contributed by atoms with Gasteiger partial charge in [0.25, 0.3) is 0 Å². The molecule has 98 valence electrons. The molecule has 0 saturated heterocycles. The van der Waals surface area contributed by atoms with Gasteiger partial charge < -0.3 is 10.6 Å². The smallest absolute Gasteiger partial charge is 0.0402 e. The Labute approximate surface area is 110 Å². The van der Waals surface area contributed by atoms with Crippen molar-refractivity contribution in [1.82, 2.24) is 0 Å². The Bertz CT molecular complexity index is 421. The molecule has 2 aliphatic rings. The van der Waals surface area contributed by atoms with Gasteiger partial charge in [-0.1, -0.05) is 18.6 Å².